The first-order chi connectivity index (χ1) is 15.6. The van der Waals surface area contributed by atoms with Crippen molar-refractivity contribution in [3.63, 3.8) is 0 Å². The van der Waals surface area contributed by atoms with Gasteiger partial charge in [0.15, 0.2) is 0 Å². The van der Waals surface area contributed by atoms with Gasteiger partial charge in [-0.05, 0) is 43.2 Å². The second-order valence-electron chi connectivity index (χ2n) is 7.95. The van der Waals surface area contributed by atoms with Crippen LogP contribution >= 0.6 is 11.3 Å². The summed E-state index contributed by atoms with van der Waals surface area (Å²) in [5.74, 6) is 0.482. The highest BCUT2D eigenvalue weighted by molar-refractivity contribution is 7.09. The number of alkyl halides is 3. The average Bonchev–Trinajstić information content (AvgIpc) is 3.22. The van der Waals surface area contributed by atoms with E-state index in [1.54, 1.807) is 18.6 Å². The zero-order chi connectivity index (χ0) is 24.0. The van der Waals surface area contributed by atoms with E-state index in [-0.39, 0.29) is 11.9 Å². The Kier molecular flexibility index (Phi) is 8.10. The first kappa shape index (κ1) is 24.7. The van der Waals surface area contributed by atoms with Gasteiger partial charge in [-0.2, -0.15) is 13.2 Å². The molecule has 3 rings (SSSR count). The molecule has 1 heterocycles. The van der Waals surface area contributed by atoms with Gasteiger partial charge in [0.05, 0.1) is 19.2 Å². The smallest absolute Gasteiger partial charge is 0.416 e. The maximum Gasteiger partial charge on any atom is 0.416 e. The van der Waals surface area contributed by atoms with Crippen molar-refractivity contribution in [2.45, 2.75) is 45.7 Å². The molecule has 2 aromatic carbocycles. The van der Waals surface area contributed by atoms with E-state index >= 15 is 0 Å². The van der Waals surface area contributed by atoms with E-state index in [0.29, 0.717) is 35.9 Å². The van der Waals surface area contributed by atoms with Crippen LogP contribution in [0.4, 0.5) is 13.2 Å². The SMILES string of the molecule is COc1ccc(CN(Cc2cccc(C(F)(F)F)c2)Cc2nc(C(=O)NC(C)C)cs2)cc1. The molecule has 0 saturated heterocycles. The van der Waals surface area contributed by atoms with Gasteiger partial charge < -0.3 is 10.1 Å². The van der Waals surface area contributed by atoms with E-state index in [1.807, 2.05) is 43.0 Å². The fourth-order valence-corrected chi connectivity index (χ4v) is 4.09. The molecule has 0 bridgehead atoms. The molecule has 0 saturated carbocycles. The molecular formula is C24H26F3N3O2S. The first-order valence-corrected chi connectivity index (χ1v) is 11.3. The molecule has 0 aliphatic rings. The Bertz CT molecular complexity index is 1070. The predicted molar refractivity (Wildman–Crippen MR) is 122 cm³/mol. The molecule has 1 N–H and O–H groups in total. The van der Waals surface area contributed by atoms with Crippen LogP contribution in [0.3, 0.4) is 0 Å². The van der Waals surface area contributed by atoms with Crippen molar-refractivity contribution >= 4 is 17.2 Å². The van der Waals surface area contributed by atoms with Gasteiger partial charge in [-0.15, -0.1) is 11.3 Å². The van der Waals surface area contributed by atoms with Gasteiger partial charge in [0.2, 0.25) is 0 Å². The van der Waals surface area contributed by atoms with Crippen LogP contribution in [0.15, 0.2) is 53.9 Å². The Morgan fingerprint density at radius 1 is 1.09 bits per heavy atom. The predicted octanol–water partition coefficient (Wildman–Crippen LogP) is 5.51. The lowest BCUT2D eigenvalue weighted by Crippen LogP contribution is -2.30. The second kappa shape index (κ2) is 10.8. The lowest BCUT2D eigenvalue weighted by Gasteiger charge is -2.22. The van der Waals surface area contributed by atoms with Crippen molar-refractivity contribution in [3.8, 4) is 5.75 Å². The molecule has 1 aromatic heterocycles. The lowest BCUT2D eigenvalue weighted by molar-refractivity contribution is -0.137. The van der Waals surface area contributed by atoms with E-state index in [4.69, 9.17) is 4.74 Å². The highest BCUT2D eigenvalue weighted by atomic mass is 32.1. The van der Waals surface area contributed by atoms with Gasteiger partial charge in [-0.25, -0.2) is 4.98 Å². The molecule has 0 aliphatic carbocycles. The van der Waals surface area contributed by atoms with Crippen molar-refractivity contribution in [2.24, 2.45) is 0 Å². The van der Waals surface area contributed by atoms with Crippen LogP contribution in [0.2, 0.25) is 0 Å². The summed E-state index contributed by atoms with van der Waals surface area (Å²) >= 11 is 1.35. The fourth-order valence-electron chi connectivity index (χ4n) is 3.28. The summed E-state index contributed by atoms with van der Waals surface area (Å²) in [5.41, 5.74) is 1.20. The van der Waals surface area contributed by atoms with Gasteiger partial charge in [-0.1, -0.05) is 30.3 Å². The quantitative estimate of drug-likeness (QED) is 0.442. The molecule has 9 heteroatoms. The van der Waals surface area contributed by atoms with Gasteiger partial charge in [0, 0.05) is 24.5 Å². The molecule has 3 aromatic rings. The summed E-state index contributed by atoms with van der Waals surface area (Å²) in [6, 6.07) is 12.9. The second-order valence-corrected chi connectivity index (χ2v) is 8.89. The average molecular weight is 478 g/mol. The Morgan fingerprint density at radius 2 is 1.79 bits per heavy atom. The number of aromatic nitrogens is 1. The van der Waals surface area contributed by atoms with E-state index in [1.165, 1.54) is 23.5 Å². The molecule has 0 fully saturated rings. The molecule has 0 spiro atoms. The highest BCUT2D eigenvalue weighted by Crippen LogP contribution is 2.30. The van der Waals surface area contributed by atoms with Crippen molar-refractivity contribution in [3.05, 3.63) is 81.3 Å². The van der Waals surface area contributed by atoms with E-state index in [0.717, 1.165) is 17.4 Å². The minimum atomic E-state index is -4.40. The Balaban J connectivity index is 1.81. The number of halogens is 3. The Morgan fingerprint density at radius 3 is 2.42 bits per heavy atom. The van der Waals surface area contributed by atoms with Crippen LogP contribution in [0.1, 0.15) is 46.0 Å². The van der Waals surface area contributed by atoms with Crippen LogP contribution in [0, 0.1) is 0 Å². The standard InChI is InChI=1S/C24H26F3N3O2S/c1-16(2)28-23(31)21-15-33-22(29-21)14-30(12-17-7-9-20(32-3)10-8-17)13-18-5-4-6-19(11-18)24(25,26)27/h4-11,15-16H,12-14H2,1-3H3,(H,28,31). The number of hydrogen-bond acceptors (Lipinski definition) is 5. The zero-order valence-corrected chi connectivity index (χ0v) is 19.5. The lowest BCUT2D eigenvalue weighted by atomic mass is 10.1. The van der Waals surface area contributed by atoms with Crippen molar-refractivity contribution in [1.82, 2.24) is 15.2 Å². The van der Waals surface area contributed by atoms with Crippen LogP contribution in [0.25, 0.3) is 0 Å². The van der Waals surface area contributed by atoms with Crippen LogP contribution in [0.5, 0.6) is 5.75 Å². The zero-order valence-electron chi connectivity index (χ0n) is 18.6. The monoisotopic (exact) mass is 477 g/mol. The maximum absolute atomic E-state index is 13.2. The number of ether oxygens (including phenoxy) is 1. The topological polar surface area (TPSA) is 54.5 Å². The summed E-state index contributed by atoms with van der Waals surface area (Å²) < 4.78 is 44.7. The number of rotatable bonds is 9. The van der Waals surface area contributed by atoms with Crippen molar-refractivity contribution in [1.29, 1.82) is 0 Å². The van der Waals surface area contributed by atoms with Gasteiger partial charge in [-0.3, -0.25) is 9.69 Å². The molecule has 33 heavy (non-hydrogen) atoms. The molecule has 0 aliphatic heterocycles. The molecule has 0 unspecified atom stereocenters. The number of carbonyl (C=O) groups is 1. The van der Waals surface area contributed by atoms with Crippen LogP contribution in [-0.2, 0) is 25.8 Å². The third-order valence-corrected chi connectivity index (χ3v) is 5.62. The van der Waals surface area contributed by atoms with E-state index < -0.39 is 11.7 Å². The molecular weight excluding hydrogens is 451 g/mol. The third kappa shape index (κ3) is 7.30. The number of nitrogens with one attached hydrogen (secondary N) is 1. The summed E-state index contributed by atoms with van der Waals surface area (Å²) in [7, 11) is 1.59. The Hall–Kier alpha value is -2.91. The minimum absolute atomic E-state index is 0.00451. The highest BCUT2D eigenvalue weighted by Gasteiger charge is 2.30. The van der Waals surface area contributed by atoms with Gasteiger partial charge in [0.1, 0.15) is 16.5 Å². The number of amides is 1. The maximum atomic E-state index is 13.2. The third-order valence-electron chi connectivity index (χ3n) is 4.79. The number of methoxy groups -OCH3 is 1. The number of benzene rings is 2. The van der Waals surface area contributed by atoms with Crippen LogP contribution < -0.4 is 10.1 Å². The minimum Gasteiger partial charge on any atom is -0.497 e. The number of carbonyl (C=O) groups excluding carboxylic acids is 1. The fraction of sp³-hybridized carbons (Fsp3) is 0.333. The van der Waals surface area contributed by atoms with Crippen molar-refractivity contribution in [2.75, 3.05) is 7.11 Å². The van der Waals surface area contributed by atoms with Gasteiger partial charge >= 0.3 is 6.18 Å². The number of nitrogens with zero attached hydrogens (tertiary/aromatic N) is 2. The van der Waals surface area contributed by atoms with Gasteiger partial charge in [0.25, 0.3) is 5.91 Å². The van der Waals surface area contributed by atoms with Crippen LogP contribution in [-0.4, -0.2) is 28.9 Å². The summed E-state index contributed by atoms with van der Waals surface area (Å²) in [5, 5.41) is 5.22. The van der Waals surface area contributed by atoms with Crippen molar-refractivity contribution < 1.29 is 22.7 Å². The molecule has 176 valence electrons. The largest absolute Gasteiger partial charge is 0.497 e. The molecule has 1 amide bonds. The normalized spacial score (nSPS) is 11.8. The van der Waals surface area contributed by atoms with E-state index in [9.17, 15) is 18.0 Å². The molecule has 5 nitrogen and oxygen atoms in total. The Labute approximate surface area is 195 Å². The summed E-state index contributed by atoms with van der Waals surface area (Å²) in [6.45, 7) is 4.92. The van der Waals surface area contributed by atoms with E-state index in [2.05, 4.69) is 10.3 Å². The molecule has 0 atom stereocenters. The first-order valence-electron chi connectivity index (χ1n) is 10.4. The summed E-state index contributed by atoms with van der Waals surface area (Å²) in [4.78, 5) is 18.7. The number of hydrogen-bond donors (Lipinski definition) is 1. The number of thiazole rings is 1. The molecule has 0 radical (unpaired) electrons. The summed E-state index contributed by atoms with van der Waals surface area (Å²) in [6.07, 6.45) is -4.40.